The summed E-state index contributed by atoms with van der Waals surface area (Å²) in [6, 6.07) is 5.00. The van der Waals surface area contributed by atoms with Gasteiger partial charge in [-0.15, -0.1) is 6.58 Å². The first kappa shape index (κ1) is 15.3. The molecule has 0 atom stereocenters. The molecule has 1 aromatic carbocycles. The Morgan fingerprint density at radius 2 is 2.00 bits per heavy atom. The number of hydrogen-bond donors (Lipinski definition) is 2. The molecule has 0 radical (unpaired) electrons. The fourth-order valence-electron chi connectivity index (χ4n) is 1.49. The smallest absolute Gasteiger partial charge is 0.258 e. The first-order valence-electron chi connectivity index (χ1n) is 6.04. The lowest BCUT2D eigenvalue weighted by molar-refractivity contribution is 0.102. The Morgan fingerprint density at radius 3 is 2.67 bits per heavy atom. The molecule has 2 N–H and O–H groups in total. The first-order valence-corrected chi connectivity index (χ1v) is 6.79. The Balaban J connectivity index is 2.09. The van der Waals surface area contributed by atoms with Crippen LogP contribution in [0.15, 0.2) is 43.2 Å². The highest BCUT2D eigenvalue weighted by molar-refractivity contribution is 6.44. The molecule has 0 fully saturated rings. The number of rotatable bonds is 5. The summed E-state index contributed by atoms with van der Waals surface area (Å²) in [5.41, 5.74) is 0.748. The lowest BCUT2D eigenvalue weighted by atomic mass is 10.2. The van der Waals surface area contributed by atoms with Crippen LogP contribution in [0.2, 0.25) is 10.0 Å². The average molecular weight is 323 g/mol. The SMILES string of the molecule is C=CCNc1ncc(C(=O)Nc2cccc(Cl)c2Cl)cn1. The van der Waals surface area contributed by atoms with Crippen molar-refractivity contribution >= 4 is 40.7 Å². The minimum absolute atomic E-state index is 0.290. The highest BCUT2D eigenvalue weighted by Gasteiger charge is 2.11. The molecule has 2 aromatic rings. The Bertz CT molecular complexity index is 659. The molecule has 1 amide bonds. The molecule has 21 heavy (non-hydrogen) atoms. The molecule has 5 nitrogen and oxygen atoms in total. The molecule has 2 rings (SSSR count). The van der Waals surface area contributed by atoms with Crippen molar-refractivity contribution in [1.82, 2.24) is 9.97 Å². The largest absolute Gasteiger partial charge is 0.351 e. The number of halogens is 2. The number of benzene rings is 1. The summed E-state index contributed by atoms with van der Waals surface area (Å²) in [6.45, 7) is 4.12. The first-order chi connectivity index (χ1) is 10.1. The summed E-state index contributed by atoms with van der Waals surface area (Å²) in [7, 11) is 0. The number of anilines is 2. The zero-order valence-corrected chi connectivity index (χ0v) is 12.4. The van der Waals surface area contributed by atoms with Gasteiger partial charge in [-0.3, -0.25) is 4.79 Å². The molecule has 0 unspecified atom stereocenters. The van der Waals surface area contributed by atoms with Crippen LogP contribution in [-0.4, -0.2) is 22.4 Å². The van der Waals surface area contributed by atoms with E-state index in [1.165, 1.54) is 12.4 Å². The van der Waals surface area contributed by atoms with Crippen molar-refractivity contribution in [3.8, 4) is 0 Å². The molecular formula is C14H12Cl2N4O. The summed E-state index contributed by atoms with van der Waals surface area (Å²) in [4.78, 5) is 20.1. The van der Waals surface area contributed by atoms with Crippen molar-refractivity contribution in [3.63, 3.8) is 0 Å². The summed E-state index contributed by atoms with van der Waals surface area (Å²) >= 11 is 11.9. The zero-order valence-electron chi connectivity index (χ0n) is 10.9. The van der Waals surface area contributed by atoms with Crippen LogP contribution in [0.4, 0.5) is 11.6 Å². The lowest BCUT2D eigenvalue weighted by Crippen LogP contribution is -2.13. The van der Waals surface area contributed by atoms with Gasteiger partial charge in [-0.2, -0.15) is 0 Å². The van der Waals surface area contributed by atoms with Gasteiger partial charge in [-0.05, 0) is 12.1 Å². The number of carbonyl (C=O) groups is 1. The quantitative estimate of drug-likeness (QED) is 0.825. The second-order valence-corrected chi connectivity index (χ2v) is 4.81. The molecule has 0 aliphatic carbocycles. The third-order valence-electron chi connectivity index (χ3n) is 2.52. The van der Waals surface area contributed by atoms with Gasteiger partial charge < -0.3 is 10.6 Å². The van der Waals surface area contributed by atoms with Crippen LogP contribution in [0, 0.1) is 0 Å². The van der Waals surface area contributed by atoms with Gasteiger partial charge in [0.15, 0.2) is 0 Å². The predicted molar refractivity (Wildman–Crippen MR) is 85.1 cm³/mol. The fraction of sp³-hybridized carbons (Fsp3) is 0.0714. The summed E-state index contributed by atoms with van der Waals surface area (Å²) in [5.74, 6) is 0.0571. The maximum absolute atomic E-state index is 12.1. The Kier molecular flexibility index (Phi) is 5.14. The topological polar surface area (TPSA) is 66.9 Å². The van der Waals surface area contributed by atoms with Crippen LogP contribution in [-0.2, 0) is 0 Å². The molecule has 7 heteroatoms. The summed E-state index contributed by atoms with van der Waals surface area (Å²) < 4.78 is 0. The van der Waals surface area contributed by atoms with E-state index in [1.54, 1.807) is 24.3 Å². The van der Waals surface area contributed by atoms with E-state index in [0.29, 0.717) is 28.8 Å². The normalized spacial score (nSPS) is 10.0. The third kappa shape index (κ3) is 3.93. The van der Waals surface area contributed by atoms with E-state index in [9.17, 15) is 4.79 Å². The van der Waals surface area contributed by atoms with Gasteiger partial charge in [0, 0.05) is 18.9 Å². The van der Waals surface area contributed by atoms with E-state index >= 15 is 0 Å². The number of nitrogens with one attached hydrogen (secondary N) is 2. The van der Waals surface area contributed by atoms with Crippen LogP contribution in [0.3, 0.4) is 0 Å². The average Bonchev–Trinajstić information content (AvgIpc) is 2.50. The molecular weight excluding hydrogens is 311 g/mol. The zero-order chi connectivity index (χ0) is 15.2. The number of amides is 1. The number of carbonyl (C=O) groups excluding carboxylic acids is 1. The van der Waals surface area contributed by atoms with E-state index in [-0.39, 0.29) is 10.9 Å². The van der Waals surface area contributed by atoms with Crippen LogP contribution in [0.1, 0.15) is 10.4 Å². The van der Waals surface area contributed by atoms with Crippen molar-refractivity contribution in [2.24, 2.45) is 0 Å². The lowest BCUT2D eigenvalue weighted by Gasteiger charge is -2.08. The summed E-state index contributed by atoms with van der Waals surface area (Å²) in [6.07, 6.45) is 4.53. The van der Waals surface area contributed by atoms with E-state index in [2.05, 4.69) is 27.2 Å². The molecule has 0 aliphatic heterocycles. The molecule has 108 valence electrons. The van der Waals surface area contributed by atoms with Gasteiger partial charge in [-0.1, -0.05) is 35.3 Å². The Morgan fingerprint density at radius 1 is 1.29 bits per heavy atom. The van der Waals surface area contributed by atoms with Crippen LogP contribution >= 0.6 is 23.2 Å². The highest BCUT2D eigenvalue weighted by atomic mass is 35.5. The number of hydrogen-bond acceptors (Lipinski definition) is 4. The van der Waals surface area contributed by atoms with Gasteiger partial charge in [0.05, 0.1) is 21.3 Å². The van der Waals surface area contributed by atoms with Crippen LogP contribution in [0.5, 0.6) is 0 Å². The minimum Gasteiger partial charge on any atom is -0.351 e. The van der Waals surface area contributed by atoms with E-state index in [0.717, 1.165) is 0 Å². The second-order valence-electron chi connectivity index (χ2n) is 4.02. The predicted octanol–water partition coefficient (Wildman–Crippen LogP) is 3.63. The molecule has 1 aromatic heterocycles. The van der Waals surface area contributed by atoms with Crippen molar-refractivity contribution in [3.05, 3.63) is 58.9 Å². The number of nitrogens with zero attached hydrogens (tertiary/aromatic N) is 2. The molecule has 0 saturated heterocycles. The maximum Gasteiger partial charge on any atom is 0.258 e. The van der Waals surface area contributed by atoms with Gasteiger partial charge in [0.2, 0.25) is 5.95 Å². The van der Waals surface area contributed by atoms with Gasteiger partial charge >= 0.3 is 0 Å². The third-order valence-corrected chi connectivity index (χ3v) is 3.34. The molecule has 0 aliphatic rings. The van der Waals surface area contributed by atoms with Gasteiger partial charge in [-0.25, -0.2) is 9.97 Å². The second kappa shape index (κ2) is 7.06. The summed E-state index contributed by atoms with van der Waals surface area (Å²) in [5, 5.41) is 6.23. The van der Waals surface area contributed by atoms with Gasteiger partial charge in [0.1, 0.15) is 0 Å². The monoisotopic (exact) mass is 322 g/mol. The van der Waals surface area contributed by atoms with E-state index in [4.69, 9.17) is 23.2 Å². The fourth-order valence-corrected chi connectivity index (χ4v) is 1.84. The van der Waals surface area contributed by atoms with Crippen molar-refractivity contribution in [2.75, 3.05) is 17.2 Å². The van der Waals surface area contributed by atoms with Gasteiger partial charge in [0.25, 0.3) is 5.91 Å². The number of aromatic nitrogens is 2. The minimum atomic E-state index is -0.366. The van der Waals surface area contributed by atoms with E-state index in [1.807, 2.05) is 0 Å². The standard InChI is InChI=1S/C14H12Cl2N4O/c1-2-6-17-14-18-7-9(8-19-14)13(21)20-11-5-3-4-10(15)12(11)16/h2-5,7-8H,1,6H2,(H,20,21)(H,17,18,19). The van der Waals surface area contributed by atoms with Crippen LogP contribution < -0.4 is 10.6 Å². The Labute approximate surface area is 132 Å². The van der Waals surface area contributed by atoms with Crippen molar-refractivity contribution < 1.29 is 4.79 Å². The van der Waals surface area contributed by atoms with Crippen LogP contribution in [0.25, 0.3) is 0 Å². The van der Waals surface area contributed by atoms with Crippen molar-refractivity contribution in [1.29, 1.82) is 0 Å². The maximum atomic E-state index is 12.1. The highest BCUT2D eigenvalue weighted by Crippen LogP contribution is 2.29. The molecule has 1 heterocycles. The molecule has 0 saturated carbocycles. The molecule has 0 bridgehead atoms. The van der Waals surface area contributed by atoms with Crippen molar-refractivity contribution in [2.45, 2.75) is 0 Å². The Hall–Kier alpha value is -2.11. The molecule has 0 spiro atoms. The van der Waals surface area contributed by atoms with E-state index < -0.39 is 0 Å².